The van der Waals surface area contributed by atoms with Gasteiger partial charge >= 0.3 is 0 Å². The van der Waals surface area contributed by atoms with E-state index >= 15 is 0 Å². The van der Waals surface area contributed by atoms with E-state index in [0.29, 0.717) is 0 Å². The van der Waals surface area contributed by atoms with E-state index in [0.717, 1.165) is 26.2 Å². The van der Waals surface area contributed by atoms with Crippen LogP contribution in [0.2, 0.25) is 0 Å². The Morgan fingerprint density at radius 1 is 1.18 bits per heavy atom. The molecule has 0 saturated heterocycles. The molecule has 0 spiro atoms. The predicted octanol–water partition coefficient (Wildman–Crippen LogP) is 4.65. The van der Waals surface area contributed by atoms with Crippen molar-refractivity contribution >= 4 is 27.7 Å². The van der Waals surface area contributed by atoms with Crippen molar-refractivity contribution in [1.29, 1.82) is 0 Å². The molecule has 0 amide bonds. The molecule has 0 atom stereocenters. The van der Waals surface area contributed by atoms with Gasteiger partial charge < -0.3 is 4.74 Å². The highest BCUT2D eigenvalue weighted by Gasteiger charge is 2.02. The van der Waals surface area contributed by atoms with Gasteiger partial charge in [0.05, 0.1) is 7.11 Å². The lowest BCUT2D eigenvalue weighted by molar-refractivity contribution is 0.415. The minimum atomic E-state index is 0.869. The summed E-state index contributed by atoms with van der Waals surface area (Å²) in [5.41, 5.74) is 2.23. The number of rotatable bonds is 3. The van der Waals surface area contributed by atoms with E-state index in [1.165, 1.54) is 0 Å². The first kappa shape index (κ1) is 12.5. The summed E-state index contributed by atoms with van der Waals surface area (Å²) in [5.74, 6) is 0.869. The third-order valence-electron chi connectivity index (χ3n) is 2.43. The summed E-state index contributed by atoms with van der Waals surface area (Å²) in [5, 5.41) is 0. The number of methoxy groups -OCH3 is 1. The molecule has 2 rings (SSSR count). The van der Waals surface area contributed by atoms with Crippen molar-refractivity contribution < 1.29 is 4.74 Å². The molecule has 0 unspecified atom stereocenters. The van der Waals surface area contributed by atoms with E-state index in [-0.39, 0.29) is 0 Å². The number of halogens is 1. The predicted molar refractivity (Wildman–Crippen MR) is 76.7 cm³/mol. The van der Waals surface area contributed by atoms with Crippen molar-refractivity contribution in [2.24, 2.45) is 0 Å². The lowest BCUT2D eigenvalue weighted by atomic mass is 10.1. The third-order valence-corrected chi connectivity index (χ3v) is 3.55. The quantitative estimate of drug-likeness (QED) is 0.764. The average molecular weight is 308 g/mol. The third kappa shape index (κ3) is 3.05. The van der Waals surface area contributed by atoms with Gasteiger partial charge in [0.1, 0.15) is 5.75 Å². The molecule has 0 aliphatic carbocycles. The van der Waals surface area contributed by atoms with Crippen LogP contribution in [0.5, 0.6) is 5.75 Å². The summed E-state index contributed by atoms with van der Waals surface area (Å²) in [4.78, 5) is 1.13. The van der Waals surface area contributed by atoms with Gasteiger partial charge in [0.25, 0.3) is 0 Å². The second-order valence-electron chi connectivity index (χ2n) is 3.51. The molecule has 0 aliphatic rings. The molecule has 0 N–H and O–H groups in total. The maximum atomic E-state index is 5.15. The normalized spacial score (nSPS) is 10.3. The van der Waals surface area contributed by atoms with Crippen molar-refractivity contribution in [3.8, 4) is 16.9 Å². The molecule has 0 aliphatic heterocycles. The zero-order valence-corrected chi connectivity index (χ0v) is 12.1. The molecule has 0 bridgehead atoms. The fourth-order valence-electron chi connectivity index (χ4n) is 1.55. The van der Waals surface area contributed by atoms with E-state index in [1.807, 2.05) is 24.3 Å². The first-order chi connectivity index (χ1) is 8.22. The number of benzene rings is 2. The molecule has 0 saturated carbocycles. The first-order valence-electron chi connectivity index (χ1n) is 5.14. The number of thioether (sulfide) groups is 1. The summed E-state index contributed by atoms with van der Waals surface area (Å²) < 4.78 is 6.23. The van der Waals surface area contributed by atoms with E-state index in [4.69, 9.17) is 4.74 Å². The van der Waals surface area contributed by atoms with Crippen LogP contribution in [0.4, 0.5) is 0 Å². The van der Waals surface area contributed by atoms with Crippen LogP contribution in [0.15, 0.2) is 45.8 Å². The Labute approximate surface area is 114 Å². The van der Waals surface area contributed by atoms with Crippen molar-refractivity contribution in [1.82, 2.24) is 0 Å². The summed E-state index contributed by atoms with van der Waals surface area (Å²) in [6.45, 7) is 0. The molecule has 3 heteroatoms. The molecular weight excluding hydrogens is 296 g/mol. The Balaban J connectivity index is 2.41. The lowest BCUT2D eigenvalue weighted by Crippen LogP contribution is -1.84. The van der Waals surface area contributed by atoms with Crippen LogP contribution >= 0.6 is 27.7 Å². The highest BCUT2D eigenvalue weighted by molar-refractivity contribution is 9.10. The van der Waals surface area contributed by atoms with Crippen molar-refractivity contribution in [2.45, 2.75) is 4.90 Å². The summed E-state index contributed by atoms with van der Waals surface area (Å²) in [7, 11) is 1.67. The van der Waals surface area contributed by atoms with Crippen molar-refractivity contribution in [2.75, 3.05) is 13.4 Å². The van der Waals surface area contributed by atoms with Crippen LogP contribution in [-0.4, -0.2) is 13.4 Å². The highest BCUT2D eigenvalue weighted by Crippen LogP contribution is 2.29. The summed E-state index contributed by atoms with van der Waals surface area (Å²) in [6.07, 6.45) is 2.05. The molecule has 1 nitrogen and oxygen atoms in total. The minimum Gasteiger partial charge on any atom is -0.497 e. The van der Waals surface area contributed by atoms with Crippen molar-refractivity contribution in [3.63, 3.8) is 0 Å². The molecule has 0 aromatic heterocycles. The Hall–Kier alpha value is -0.930. The van der Waals surface area contributed by atoms with Crippen LogP contribution in [0.1, 0.15) is 0 Å². The van der Waals surface area contributed by atoms with Crippen LogP contribution in [0.3, 0.4) is 0 Å². The fraction of sp³-hybridized carbons (Fsp3) is 0.143. The largest absolute Gasteiger partial charge is 0.497 e. The van der Waals surface area contributed by atoms with Crippen LogP contribution in [0.25, 0.3) is 11.1 Å². The second kappa shape index (κ2) is 5.61. The summed E-state index contributed by atoms with van der Waals surface area (Å²) in [6, 6.07) is 15.5. The van der Waals surface area contributed by atoms with Gasteiger partial charge in [-0.1, -0.05) is 28.1 Å². The zero-order valence-electron chi connectivity index (χ0n) is 9.66. The molecule has 17 heavy (non-hydrogen) atoms. The van der Waals surface area contributed by atoms with Gasteiger partial charge in [0.15, 0.2) is 0 Å². The fourth-order valence-corrected chi connectivity index (χ4v) is 2.61. The Bertz CT molecular complexity index is 508. The van der Waals surface area contributed by atoms with Crippen molar-refractivity contribution in [3.05, 3.63) is 46.9 Å². The van der Waals surface area contributed by atoms with E-state index < -0.39 is 0 Å². The van der Waals surface area contributed by atoms with Gasteiger partial charge in [-0.3, -0.25) is 0 Å². The van der Waals surface area contributed by atoms with Gasteiger partial charge in [-0.05, 0) is 41.6 Å². The molecule has 0 heterocycles. The van der Waals surface area contributed by atoms with Gasteiger partial charge in [-0.25, -0.2) is 0 Å². The van der Waals surface area contributed by atoms with Crippen LogP contribution in [-0.2, 0) is 0 Å². The van der Waals surface area contributed by atoms with E-state index in [9.17, 15) is 0 Å². The van der Waals surface area contributed by atoms with Gasteiger partial charge in [-0.15, -0.1) is 11.8 Å². The Morgan fingerprint density at radius 2 is 1.88 bits per heavy atom. The first-order valence-corrected chi connectivity index (χ1v) is 7.16. The van der Waals surface area contributed by atoms with Gasteiger partial charge in [0, 0.05) is 15.4 Å². The molecule has 2 aromatic rings. The monoisotopic (exact) mass is 307 g/mol. The van der Waals surface area contributed by atoms with Crippen LogP contribution < -0.4 is 4.74 Å². The Kier molecular flexibility index (Phi) is 4.13. The summed E-state index contributed by atoms with van der Waals surface area (Å²) >= 11 is 5.21. The van der Waals surface area contributed by atoms with Gasteiger partial charge in [-0.2, -0.15) is 0 Å². The topological polar surface area (TPSA) is 9.23 Å². The van der Waals surface area contributed by atoms with Gasteiger partial charge in [0.2, 0.25) is 0 Å². The standard InChI is InChI=1S/C14H12BrOS/c1-16-13-5-3-10(4-6-13)11-7-12(15)9-14(8-11)17-2/h3-7,9H,1-2H3. The molecule has 0 fully saturated rings. The zero-order chi connectivity index (χ0) is 12.3. The average Bonchev–Trinajstić information content (AvgIpc) is 2.38. The number of ether oxygens (including phenoxy) is 1. The maximum Gasteiger partial charge on any atom is 0.118 e. The smallest absolute Gasteiger partial charge is 0.118 e. The minimum absolute atomic E-state index is 0.869. The molecular formula is C14H12BrOS. The van der Waals surface area contributed by atoms with E-state index in [1.54, 1.807) is 18.9 Å². The maximum absolute atomic E-state index is 5.15. The highest BCUT2D eigenvalue weighted by atomic mass is 79.9. The lowest BCUT2D eigenvalue weighted by Gasteiger charge is -2.06. The van der Waals surface area contributed by atoms with Crippen LogP contribution in [0, 0.1) is 6.07 Å². The Morgan fingerprint density at radius 3 is 2.47 bits per heavy atom. The molecule has 87 valence electrons. The SMILES string of the molecule is COc1ccc(-c2[c]c(SC)cc(Br)c2)cc1. The molecule has 2 aromatic carbocycles. The van der Waals surface area contributed by atoms with E-state index in [2.05, 4.69) is 40.4 Å². The number of hydrogen-bond donors (Lipinski definition) is 0. The molecule has 1 radical (unpaired) electrons. The number of hydrogen-bond acceptors (Lipinski definition) is 2. The second-order valence-corrected chi connectivity index (χ2v) is 5.27.